The fraction of sp³-hybridized carbons (Fsp3) is 0.458. The highest BCUT2D eigenvalue weighted by molar-refractivity contribution is 5.95. The van der Waals surface area contributed by atoms with Crippen molar-refractivity contribution in [3.8, 4) is 5.82 Å². The molecule has 0 spiro atoms. The van der Waals surface area contributed by atoms with Crippen LogP contribution in [0.4, 0.5) is 5.82 Å². The minimum Gasteiger partial charge on any atom is -0.380 e. The van der Waals surface area contributed by atoms with E-state index in [4.69, 9.17) is 19.2 Å². The number of anilines is 1. The second-order valence-electron chi connectivity index (χ2n) is 8.69. The third-order valence-electron chi connectivity index (χ3n) is 6.36. The molecular formula is C24H28N4O4. The van der Waals surface area contributed by atoms with Crippen LogP contribution >= 0.6 is 0 Å². The van der Waals surface area contributed by atoms with Crippen LogP contribution in [-0.2, 0) is 31.2 Å². The number of fused-ring (bicyclic) bond motifs is 1. The van der Waals surface area contributed by atoms with E-state index in [2.05, 4.69) is 10.3 Å². The first-order chi connectivity index (χ1) is 15.5. The number of nitrogens with one attached hydrogen (secondary N) is 1. The van der Waals surface area contributed by atoms with Gasteiger partial charge in [0.05, 0.1) is 24.4 Å². The van der Waals surface area contributed by atoms with Crippen LogP contribution < -0.4 is 5.32 Å². The van der Waals surface area contributed by atoms with Crippen molar-refractivity contribution in [1.82, 2.24) is 14.5 Å². The molecule has 1 aliphatic heterocycles. The number of carbonyl (C=O) groups is 1. The molecule has 1 saturated heterocycles. The number of hydrogen-bond acceptors (Lipinski definition) is 6. The van der Waals surface area contributed by atoms with Crippen molar-refractivity contribution < 1.29 is 19.0 Å². The Morgan fingerprint density at radius 3 is 2.84 bits per heavy atom. The first-order valence-corrected chi connectivity index (χ1v) is 11.0. The quantitative estimate of drug-likeness (QED) is 0.610. The lowest BCUT2D eigenvalue weighted by atomic mass is 9.96. The predicted molar refractivity (Wildman–Crippen MR) is 120 cm³/mol. The summed E-state index contributed by atoms with van der Waals surface area (Å²) in [4.78, 5) is 21.7. The van der Waals surface area contributed by atoms with Crippen LogP contribution in [0.1, 0.15) is 36.1 Å². The van der Waals surface area contributed by atoms with Crippen molar-refractivity contribution in [2.45, 2.75) is 38.4 Å². The molecule has 1 N–H and O–H groups in total. The van der Waals surface area contributed by atoms with Crippen molar-refractivity contribution in [1.29, 1.82) is 0 Å². The number of aromatic nitrogens is 3. The molecule has 1 amide bonds. The summed E-state index contributed by atoms with van der Waals surface area (Å²) in [6.07, 6.45) is 6.51. The summed E-state index contributed by atoms with van der Waals surface area (Å²) < 4.78 is 19.0. The Labute approximate surface area is 186 Å². The van der Waals surface area contributed by atoms with Gasteiger partial charge in [-0.15, -0.1) is 0 Å². The lowest BCUT2D eigenvalue weighted by molar-refractivity contribution is -0.117. The van der Waals surface area contributed by atoms with E-state index >= 15 is 0 Å². The maximum Gasteiger partial charge on any atom is 0.228 e. The third-order valence-corrected chi connectivity index (χ3v) is 6.36. The van der Waals surface area contributed by atoms with Crippen LogP contribution in [0.3, 0.4) is 0 Å². The number of hydrogen-bond donors (Lipinski definition) is 1. The van der Waals surface area contributed by atoms with E-state index in [9.17, 15) is 4.79 Å². The molecule has 2 aliphatic rings. The molecule has 0 bridgehead atoms. The Hall–Kier alpha value is -2.81. The average molecular weight is 437 g/mol. The summed E-state index contributed by atoms with van der Waals surface area (Å²) in [5, 5.41) is 3.96. The Kier molecular flexibility index (Phi) is 5.44. The van der Waals surface area contributed by atoms with E-state index in [0.717, 1.165) is 52.8 Å². The zero-order valence-electron chi connectivity index (χ0n) is 18.7. The fourth-order valence-electron chi connectivity index (χ4n) is 4.30. The Balaban J connectivity index is 1.61. The van der Waals surface area contributed by atoms with Gasteiger partial charge < -0.3 is 24.1 Å². The fourth-order valence-corrected chi connectivity index (χ4v) is 4.30. The molecule has 1 unspecified atom stereocenters. The highest BCUT2D eigenvalue weighted by Crippen LogP contribution is 2.35. The van der Waals surface area contributed by atoms with Gasteiger partial charge >= 0.3 is 0 Å². The number of ether oxygens (including phenoxy) is 3. The molecule has 4 heterocycles. The summed E-state index contributed by atoms with van der Waals surface area (Å²) in [6, 6.07) is 5.97. The minimum absolute atomic E-state index is 0.0393. The molecule has 1 saturated carbocycles. The van der Waals surface area contributed by atoms with E-state index < -0.39 is 5.60 Å². The highest BCUT2D eigenvalue weighted by Gasteiger charge is 2.39. The van der Waals surface area contributed by atoms with Crippen LogP contribution in [0.5, 0.6) is 0 Å². The molecule has 1 aliphatic carbocycles. The summed E-state index contributed by atoms with van der Waals surface area (Å²) in [6.45, 7) is 3.62. The molecular weight excluding hydrogens is 408 g/mol. The average Bonchev–Trinajstić information content (AvgIpc) is 3.45. The van der Waals surface area contributed by atoms with Gasteiger partial charge in [-0.1, -0.05) is 0 Å². The monoisotopic (exact) mass is 436 g/mol. The van der Waals surface area contributed by atoms with Gasteiger partial charge in [0, 0.05) is 57.0 Å². The van der Waals surface area contributed by atoms with E-state index in [1.807, 2.05) is 42.1 Å². The Bertz CT molecular complexity index is 1160. The van der Waals surface area contributed by atoms with Crippen molar-refractivity contribution >= 4 is 22.6 Å². The molecule has 8 heteroatoms. The SMILES string of the molecule is COCc1cc(-n2cc(C)c3cnc(NC(=O)C4CC4)cc32)nc(C2(OC)CCOC2)c1. The largest absolute Gasteiger partial charge is 0.380 e. The number of nitrogens with zero attached hydrogens (tertiary/aromatic N) is 3. The first kappa shape index (κ1) is 21.1. The van der Waals surface area contributed by atoms with Gasteiger partial charge in [-0.2, -0.15) is 0 Å². The summed E-state index contributed by atoms with van der Waals surface area (Å²) in [5.41, 5.74) is 3.29. The van der Waals surface area contributed by atoms with Crippen molar-refractivity contribution in [3.05, 3.63) is 47.4 Å². The van der Waals surface area contributed by atoms with Gasteiger partial charge in [0.2, 0.25) is 5.91 Å². The molecule has 2 fully saturated rings. The third kappa shape index (κ3) is 3.79. The number of amides is 1. The van der Waals surface area contributed by atoms with E-state index in [-0.39, 0.29) is 11.8 Å². The van der Waals surface area contributed by atoms with Crippen LogP contribution in [-0.4, -0.2) is 47.9 Å². The molecule has 0 radical (unpaired) electrons. The molecule has 1 atom stereocenters. The number of aryl methyl sites for hydroxylation is 1. The molecule has 0 aromatic carbocycles. The molecule has 32 heavy (non-hydrogen) atoms. The Morgan fingerprint density at radius 1 is 1.31 bits per heavy atom. The maximum atomic E-state index is 12.2. The molecule has 8 nitrogen and oxygen atoms in total. The van der Waals surface area contributed by atoms with Crippen molar-refractivity contribution in [2.75, 3.05) is 32.8 Å². The van der Waals surface area contributed by atoms with Crippen molar-refractivity contribution in [2.24, 2.45) is 5.92 Å². The summed E-state index contributed by atoms with van der Waals surface area (Å²) >= 11 is 0. The Morgan fingerprint density at radius 2 is 2.16 bits per heavy atom. The predicted octanol–water partition coefficient (Wildman–Crippen LogP) is 3.49. The van der Waals surface area contributed by atoms with Gasteiger partial charge in [0.15, 0.2) is 0 Å². The number of carbonyl (C=O) groups excluding carboxylic acids is 1. The number of rotatable bonds is 7. The molecule has 168 valence electrons. The van der Waals surface area contributed by atoms with E-state index in [1.54, 1.807) is 14.2 Å². The van der Waals surface area contributed by atoms with E-state index in [0.29, 0.717) is 25.6 Å². The normalized spacial score (nSPS) is 20.7. The molecule has 3 aromatic heterocycles. The van der Waals surface area contributed by atoms with Crippen molar-refractivity contribution in [3.63, 3.8) is 0 Å². The van der Waals surface area contributed by atoms with Crippen LogP contribution in [0.25, 0.3) is 16.7 Å². The number of methoxy groups -OCH3 is 2. The van der Waals surface area contributed by atoms with Gasteiger partial charge in [-0.25, -0.2) is 9.97 Å². The van der Waals surface area contributed by atoms with Gasteiger partial charge in [0.25, 0.3) is 0 Å². The van der Waals surface area contributed by atoms with Gasteiger partial charge in [-0.05, 0) is 43.0 Å². The zero-order chi connectivity index (χ0) is 22.3. The zero-order valence-corrected chi connectivity index (χ0v) is 18.7. The topological polar surface area (TPSA) is 87.5 Å². The molecule has 3 aromatic rings. The van der Waals surface area contributed by atoms with Crippen LogP contribution in [0.15, 0.2) is 30.6 Å². The van der Waals surface area contributed by atoms with Gasteiger partial charge in [-0.3, -0.25) is 4.79 Å². The van der Waals surface area contributed by atoms with E-state index in [1.165, 1.54) is 0 Å². The molecule has 5 rings (SSSR count). The smallest absolute Gasteiger partial charge is 0.228 e. The van der Waals surface area contributed by atoms with Crippen LogP contribution in [0, 0.1) is 12.8 Å². The summed E-state index contributed by atoms with van der Waals surface area (Å²) in [5.74, 6) is 1.48. The highest BCUT2D eigenvalue weighted by atomic mass is 16.5. The minimum atomic E-state index is -0.568. The second kappa shape index (κ2) is 8.27. The lowest BCUT2D eigenvalue weighted by Crippen LogP contribution is -2.30. The number of pyridine rings is 2. The van der Waals surface area contributed by atoms with Crippen LogP contribution in [0.2, 0.25) is 0 Å². The van der Waals surface area contributed by atoms with Gasteiger partial charge in [0.1, 0.15) is 17.2 Å². The standard InChI is InChI=1S/C24H28N4O4/c1-15-12-28(19-10-21(25-11-18(15)19)27-23(29)17-4-5-17)22-9-16(13-30-2)8-20(26-22)24(31-3)6-7-32-14-24/h8-12,17H,4-7,13-14H2,1-3H3,(H,25,27,29). The lowest BCUT2D eigenvalue weighted by Gasteiger charge is -2.26. The first-order valence-electron chi connectivity index (χ1n) is 11.0. The summed E-state index contributed by atoms with van der Waals surface area (Å²) in [7, 11) is 3.38. The maximum absolute atomic E-state index is 12.2. The second-order valence-corrected chi connectivity index (χ2v) is 8.69.